The van der Waals surface area contributed by atoms with Crippen molar-refractivity contribution < 1.29 is 9.31 Å². The van der Waals surface area contributed by atoms with E-state index in [4.69, 9.17) is 9.31 Å². The van der Waals surface area contributed by atoms with E-state index in [1.54, 1.807) is 0 Å². The summed E-state index contributed by atoms with van der Waals surface area (Å²) in [5.41, 5.74) is 0.194. The van der Waals surface area contributed by atoms with Crippen LogP contribution in [-0.2, 0) is 9.31 Å². The maximum atomic E-state index is 5.76. The SMILES string of the molecule is CC(C)(C)/C=C(/B1OCCCO1)[Si](C)(C)C. The monoisotopic (exact) mass is 240 g/mol. The van der Waals surface area contributed by atoms with Gasteiger partial charge in [0, 0.05) is 13.2 Å². The predicted octanol–water partition coefficient (Wildman–Crippen LogP) is 3.30. The van der Waals surface area contributed by atoms with Gasteiger partial charge in [0.15, 0.2) is 0 Å². The van der Waals surface area contributed by atoms with Crippen LogP contribution in [0.3, 0.4) is 0 Å². The summed E-state index contributed by atoms with van der Waals surface area (Å²) in [6.07, 6.45) is 3.38. The molecule has 0 aliphatic carbocycles. The van der Waals surface area contributed by atoms with Crippen molar-refractivity contribution in [3.8, 4) is 0 Å². The highest BCUT2D eigenvalue weighted by Gasteiger charge is 2.36. The van der Waals surface area contributed by atoms with Crippen molar-refractivity contribution in [2.45, 2.75) is 46.8 Å². The zero-order valence-electron chi connectivity index (χ0n) is 11.6. The van der Waals surface area contributed by atoms with E-state index in [-0.39, 0.29) is 12.5 Å². The molecule has 0 bridgehead atoms. The third-order valence-corrected chi connectivity index (χ3v) is 4.65. The maximum absolute atomic E-state index is 5.76. The van der Waals surface area contributed by atoms with Gasteiger partial charge in [-0.3, -0.25) is 0 Å². The van der Waals surface area contributed by atoms with Crippen molar-refractivity contribution in [2.75, 3.05) is 13.2 Å². The molecule has 0 aromatic carbocycles. The molecule has 0 aromatic rings. The third kappa shape index (κ3) is 4.44. The van der Waals surface area contributed by atoms with E-state index < -0.39 is 8.07 Å². The Morgan fingerprint density at radius 1 is 1.12 bits per heavy atom. The zero-order valence-corrected chi connectivity index (χ0v) is 12.6. The van der Waals surface area contributed by atoms with Crippen LogP contribution in [-0.4, -0.2) is 28.4 Å². The molecule has 1 heterocycles. The van der Waals surface area contributed by atoms with Gasteiger partial charge in [0.05, 0.1) is 8.07 Å². The van der Waals surface area contributed by atoms with Crippen LogP contribution in [0.5, 0.6) is 0 Å². The van der Waals surface area contributed by atoms with E-state index in [9.17, 15) is 0 Å². The summed E-state index contributed by atoms with van der Waals surface area (Å²) in [7, 11) is -1.46. The topological polar surface area (TPSA) is 18.5 Å². The van der Waals surface area contributed by atoms with Crippen molar-refractivity contribution >= 4 is 15.2 Å². The Labute approximate surface area is 102 Å². The minimum atomic E-state index is -1.37. The molecule has 0 spiro atoms. The fraction of sp³-hybridized carbons (Fsp3) is 0.833. The second-order valence-corrected chi connectivity index (χ2v) is 11.7. The lowest BCUT2D eigenvalue weighted by Gasteiger charge is -2.31. The van der Waals surface area contributed by atoms with Gasteiger partial charge in [0.2, 0.25) is 0 Å². The average Bonchev–Trinajstić information content (AvgIpc) is 2.13. The van der Waals surface area contributed by atoms with Gasteiger partial charge in [-0.25, -0.2) is 0 Å². The van der Waals surface area contributed by atoms with Crippen molar-refractivity contribution in [3.63, 3.8) is 0 Å². The van der Waals surface area contributed by atoms with Crippen molar-refractivity contribution in [1.82, 2.24) is 0 Å². The molecule has 1 fully saturated rings. The molecule has 0 N–H and O–H groups in total. The summed E-state index contributed by atoms with van der Waals surface area (Å²) in [5, 5.41) is 1.40. The lowest BCUT2D eigenvalue weighted by Crippen LogP contribution is -2.42. The Morgan fingerprint density at radius 3 is 2.00 bits per heavy atom. The lowest BCUT2D eigenvalue weighted by molar-refractivity contribution is 0.141. The molecule has 0 saturated carbocycles. The summed E-state index contributed by atoms with van der Waals surface area (Å²) in [5.74, 6) is 0. The molecule has 16 heavy (non-hydrogen) atoms. The lowest BCUT2D eigenvalue weighted by atomic mass is 9.82. The van der Waals surface area contributed by atoms with Crippen molar-refractivity contribution in [1.29, 1.82) is 0 Å². The number of hydrogen-bond donors (Lipinski definition) is 0. The molecule has 92 valence electrons. The average molecular weight is 240 g/mol. The Balaban J connectivity index is 2.91. The first-order chi connectivity index (χ1) is 7.20. The third-order valence-electron chi connectivity index (χ3n) is 2.54. The van der Waals surface area contributed by atoms with Crippen LogP contribution in [0.1, 0.15) is 27.2 Å². The molecule has 0 aromatic heterocycles. The summed E-state index contributed by atoms with van der Waals surface area (Å²) >= 11 is 0. The first-order valence-corrected chi connectivity index (χ1v) is 9.66. The second-order valence-electron chi connectivity index (χ2n) is 6.64. The van der Waals surface area contributed by atoms with Crippen LogP contribution in [0.15, 0.2) is 11.2 Å². The minimum Gasteiger partial charge on any atom is -0.408 e. The van der Waals surface area contributed by atoms with Crippen molar-refractivity contribution in [3.05, 3.63) is 11.2 Å². The van der Waals surface area contributed by atoms with Crippen LogP contribution in [0.4, 0.5) is 0 Å². The van der Waals surface area contributed by atoms with E-state index in [0.717, 1.165) is 19.6 Å². The predicted molar refractivity (Wildman–Crippen MR) is 73.2 cm³/mol. The van der Waals surface area contributed by atoms with Gasteiger partial charge < -0.3 is 9.31 Å². The summed E-state index contributed by atoms with van der Waals surface area (Å²) < 4.78 is 11.5. The molecule has 0 atom stereocenters. The highest BCUT2D eigenvalue weighted by molar-refractivity contribution is 6.95. The van der Waals surface area contributed by atoms with Crippen LogP contribution < -0.4 is 0 Å². The largest absolute Gasteiger partial charge is 0.485 e. The van der Waals surface area contributed by atoms with Crippen LogP contribution in [0.2, 0.25) is 19.6 Å². The Bertz CT molecular complexity index is 257. The molecular formula is C12H25BO2Si. The Morgan fingerprint density at radius 2 is 1.62 bits per heavy atom. The van der Waals surface area contributed by atoms with Gasteiger partial charge in [0.1, 0.15) is 0 Å². The van der Waals surface area contributed by atoms with E-state index >= 15 is 0 Å². The first-order valence-electron chi connectivity index (χ1n) is 6.16. The van der Waals surface area contributed by atoms with Gasteiger partial charge in [0.25, 0.3) is 0 Å². The molecular weight excluding hydrogens is 215 g/mol. The molecule has 0 unspecified atom stereocenters. The standard InChI is InChI=1S/C12H25BO2Si/c1-12(2,3)10-11(16(4,5)6)13-14-8-7-9-15-13/h10H,7-9H2,1-6H3/b11-10-. The van der Waals surface area contributed by atoms with Crippen LogP contribution in [0, 0.1) is 5.41 Å². The van der Waals surface area contributed by atoms with Gasteiger partial charge >= 0.3 is 7.12 Å². The van der Waals surface area contributed by atoms with E-state index in [1.165, 1.54) is 5.10 Å². The Hall–Kier alpha value is -0.0582. The quantitative estimate of drug-likeness (QED) is 0.689. The van der Waals surface area contributed by atoms with E-state index in [0.29, 0.717) is 0 Å². The van der Waals surface area contributed by atoms with E-state index in [2.05, 4.69) is 46.5 Å². The Kier molecular flexibility index (Phi) is 4.43. The highest BCUT2D eigenvalue weighted by atomic mass is 28.3. The highest BCUT2D eigenvalue weighted by Crippen LogP contribution is 2.27. The fourth-order valence-electron chi connectivity index (χ4n) is 1.77. The smallest absolute Gasteiger partial charge is 0.408 e. The van der Waals surface area contributed by atoms with Gasteiger partial charge in [-0.15, -0.1) is 0 Å². The zero-order chi connectivity index (χ0) is 12.4. The summed E-state index contributed by atoms with van der Waals surface area (Å²) in [6.45, 7) is 15.4. The van der Waals surface area contributed by atoms with Gasteiger partial charge in [-0.2, -0.15) is 0 Å². The molecule has 1 aliphatic rings. The maximum Gasteiger partial charge on any atom is 0.485 e. The van der Waals surface area contributed by atoms with Crippen LogP contribution >= 0.6 is 0 Å². The molecule has 1 aliphatic heterocycles. The van der Waals surface area contributed by atoms with Crippen molar-refractivity contribution in [2.24, 2.45) is 5.41 Å². The van der Waals surface area contributed by atoms with Gasteiger partial charge in [-0.05, 0) is 11.8 Å². The molecule has 0 amide bonds. The number of rotatable bonds is 2. The fourth-order valence-corrected chi connectivity index (χ4v) is 3.51. The summed E-state index contributed by atoms with van der Waals surface area (Å²) in [4.78, 5) is 0. The summed E-state index contributed by atoms with van der Waals surface area (Å²) in [6, 6.07) is 0. The van der Waals surface area contributed by atoms with Gasteiger partial charge in [-0.1, -0.05) is 51.6 Å². The number of allylic oxidation sites excluding steroid dienone is 1. The number of hydrogen-bond acceptors (Lipinski definition) is 2. The minimum absolute atomic E-state index is 0.0837. The molecule has 1 rings (SSSR count). The van der Waals surface area contributed by atoms with E-state index in [1.807, 2.05) is 0 Å². The molecule has 4 heteroatoms. The second kappa shape index (κ2) is 5.07. The molecule has 1 saturated heterocycles. The first kappa shape index (κ1) is 14.0. The normalized spacial score (nSPS) is 20.1. The van der Waals surface area contributed by atoms with Crippen LogP contribution in [0.25, 0.3) is 0 Å². The molecule has 0 radical (unpaired) electrons. The molecule has 2 nitrogen and oxygen atoms in total.